The molecule has 0 bridgehead atoms. The molecule has 0 aliphatic carbocycles. The third-order valence-electron chi connectivity index (χ3n) is 2.16. The number of ether oxygens (including phenoxy) is 1. The molecule has 0 saturated carbocycles. The van der Waals surface area contributed by atoms with Crippen LogP contribution in [0.25, 0.3) is 6.08 Å². The van der Waals surface area contributed by atoms with E-state index in [0.29, 0.717) is 13.2 Å². The smallest absolute Gasteiger partial charge is 0.127 e. The molecular formula is C11H13NO. The molecule has 0 radical (unpaired) electrons. The summed E-state index contributed by atoms with van der Waals surface area (Å²) in [4.78, 5) is 0. The Morgan fingerprint density at radius 3 is 3.00 bits per heavy atom. The second kappa shape index (κ2) is 3.62. The predicted molar refractivity (Wildman–Crippen MR) is 53.6 cm³/mol. The Morgan fingerprint density at radius 2 is 2.15 bits per heavy atom. The lowest BCUT2D eigenvalue weighted by Gasteiger charge is -2.17. The van der Waals surface area contributed by atoms with E-state index in [0.717, 1.165) is 17.7 Å². The van der Waals surface area contributed by atoms with Crippen molar-refractivity contribution in [3.8, 4) is 5.75 Å². The lowest BCUT2D eigenvalue weighted by Crippen LogP contribution is -2.10. The molecule has 0 atom stereocenters. The Kier molecular flexibility index (Phi) is 2.32. The first kappa shape index (κ1) is 8.32. The molecular weight excluding hydrogens is 162 g/mol. The summed E-state index contributed by atoms with van der Waals surface area (Å²) in [7, 11) is 0. The van der Waals surface area contributed by atoms with E-state index in [1.807, 2.05) is 18.2 Å². The van der Waals surface area contributed by atoms with Crippen LogP contribution in [-0.2, 0) is 0 Å². The van der Waals surface area contributed by atoms with Crippen LogP contribution < -0.4 is 10.5 Å². The number of rotatable bonds is 2. The summed E-state index contributed by atoms with van der Waals surface area (Å²) in [6.07, 6.45) is 3.10. The van der Waals surface area contributed by atoms with Crippen LogP contribution in [0, 0.1) is 0 Å². The van der Waals surface area contributed by atoms with Crippen LogP contribution in [-0.4, -0.2) is 13.2 Å². The minimum atomic E-state index is 0.689. The van der Waals surface area contributed by atoms with E-state index in [1.165, 1.54) is 5.57 Å². The third-order valence-corrected chi connectivity index (χ3v) is 2.16. The van der Waals surface area contributed by atoms with Gasteiger partial charge in [0.2, 0.25) is 0 Å². The van der Waals surface area contributed by atoms with E-state index < -0.39 is 0 Å². The van der Waals surface area contributed by atoms with E-state index in [-0.39, 0.29) is 0 Å². The zero-order valence-corrected chi connectivity index (χ0v) is 7.49. The fourth-order valence-corrected chi connectivity index (χ4v) is 1.49. The van der Waals surface area contributed by atoms with Crippen LogP contribution in [0.1, 0.15) is 12.0 Å². The van der Waals surface area contributed by atoms with Crippen LogP contribution in [0.15, 0.2) is 29.8 Å². The van der Waals surface area contributed by atoms with Gasteiger partial charge < -0.3 is 10.5 Å². The summed E-state index contributed by atoms with van der Waals surface area (Å²) >= 11 is 0. The highest BCUT2D eigenvalue weighted by Crippen LogP contribution is 2.26. The summed E-state index contributed by atoms with van der Waals surface area (Å²) in [5.41, 5.74) is 7.93. The molecule has 0 saturated heterocycles. The first-order valence-electron chi connectivity index (χ1n) is 4.51. The van der Waals surface area contributed by atoms with Crippen molar-refractivity contribution < 1.29 is 4.74 Å². The van der Waals surface area contributed by atoms with E-state index >= 15 is 0 Å². The molecule has 1 aromatic carbocycles. The fourth-order valence-electron chi connectivity index (χ4n) is 1.49. The van der Waals surface area contributed by atoms with Gasteiger partial charge in [-0.05, 0) is 30.7 Å². The molecule has 1 aromatic rings. The molecule has 1 aliphatic heterocycles. The zero-order chi connectivity index (χ0) is 9.10. The Labute approximate surface area is 78.0 Å². The molecule has 2 heteroatoms. The van der Waals surface area contributed by atoms with Gasteiger partial charge >= 0.3 is 0 Å². The van der Waals surface area contributed by atoms with Gasteiger partial charge in [0, 0.05) is 5.56 Å². The monoisotopic (exact) mass is 175 g/mol. The SMILES string of the molecule is NCCC1=Cc2ccccc2OC1. The Balaban J connectivity index is 2.28. The number of nitrogens with two attached hydrogens (primary N) is 1. The number of hydrogen-bond donors (Lipinski definition) is 1. The molecule has 2 nitrogen and oxygen atoms in total. The van der Waals surface area contributed by atoms with Gasteiger partial charge in [-0.1, -0.05) is 18.2 Å². The van der Waals surface area contributed by atoms with E-state index in [2.05, 4.69) is 12.1 Å². The van der Waals surface area contributed by atoms with Gasteiger partial charge in [0.1, 0.15) is 12.4 Å². The predicted octanol–water partition coefficient (Wildman–Crippen LogP) is 1.81. The first-order chi connectivity index (χ1) is 6.40. The standard InChI is InChI=1S/C11H13NO/c12-6-5-9-7-10-3-1-2-4-11(10)13-8-9/h1-4,7H,5-6,8,12H2. The van der Waals surface area contributed by atoms with Crippen molar-refractivity contribution in [3.05, 3.63) is 35.4 Å². The number of hydrogen-bond acceptors (Lipinski definition) is 2. The van der Waals surface area contributed by atoms with Crippen LogP contribution in [0.5, 0.6) is 5.75 Å². The maximum atomic E-state index is 5.56. The van der Waals surface area contributed by atoms with Crippen molar-refractivity contribution in [2.45, 2.75) is 6.42 Å². The van der Waals surface area contributed by atoms with Gasteiger partial charge in [0.25, 0.3) is 0 Å². The molecule has 0 amide bonds. The Hall–Kier alpha value is -1.28. The summed E-state index contributed by atoms with van der Waals surface area (Å²) in [5.74, 6) is 0.975. The maximum Gasteiger partial charge on any atom is 0.127 e. The molecule has 1 heterocycles. The number of para-hydroxylation sites is 1. The minimum absolute atomic E-state index is 0.689. The molecule has 0 spiro atoms. The Morgan fingerprint density at radius 1 is 1.31 bits per heavy atom. The second-order valence-corrected chi connectivity index (χ2v) is 3.17. The minimum Gasteiger partial charge on any atom is -0.489 e. The molecule has 0 unspecified atom stereocenters. The molecule has 2 N–H and O–H groups in total. The molecule has 68 valence electrons. The highest BCUT2D eigenvalue weighted by molar-refractivity contribution is 5.61. The fraction of sp³-hybridized carbons (Fsp3) is 0.273. The van der Waals surface area contributed by atoms with Gasteiger partial charge in [0.05, 0.1) is 0 Å². The summed E-state index contributed by atoms with van der Waals surface area (Å²) in [5, 5.41) is 0. The molecule has 1 aliphatic rings. The lowest BCUT2D eigenvalue weighted by molar-refractivity contribution is 0.343. The van der Waals surface area contributed by atoms with Crippen LogP contribution >= 0.6 is 0 Å². The van der Waals surface area contributed by atoms with Gasteiger partial charge in [-0.25, -0.2) is 0 Å². The normalized spacial score (nSPS) is 14.4. The summed E-state index contributed by atoms with van der Waals surface area (Å²) in [6, 6.07) is 8.06. The molecule has 13 heavy (non-hydrogen) atoms. The Bertz CT molecular complexity index is 331. The van der Waals surface area contributed by atoms with Gasteiger partial charge in [0.15, 0.2) is 0 Å². The van der Waals surface area contributed by atoms with Gasteiger partial charge in [-0.15, -0.1) is 0 Å². The second-order valence-electron chi connectivity index (χ2n) is 3.17. The van der Waals surface area contributed by atoms with Crippen molar-refractivity contribution >= 4 is 6.08 Å². The quantitative estimate of drug-likeness (QED) is 0.744. The third kappa shape index (κ3) is 1.73. The van der Waals surface area contributed by atoms with Crippen molar-refractivity contribution in [1.82, 2.24) is 0 Å². The highest BCUT2D eigenvalue weighted by Gasteiger charge is 2.08. The molecule has 2 rings (SSSR count). The topological polar surface area (TPSA) is 35.2 Å². The van der Waals surface area contributed by atoms with Crippen LogP contribution in [0.2, 0.25) is 0 Å². The average molecular weight is 175 g/mol. The van der Waals surface area contributed by atoms with Crippen molar-refractivity contribution in [3.63, 3.8) is 0 Å². The van der Waals surface area contributed by atoms with Gasteiger partial charge in [-0.2, -0.15) is 0 Å². The van der Waals surface area contributed by atoms with E-state index in [1.54, 1.807) is 0 Å². The molecule has 0 fully saturated rings. The van der Waals surface area contributed by atoms with Crippen molar-refractivity contribution in [2.24, 2.45) is 5.73 Å². The van der Waals surface area contributed by atoms with Crippen LogP contribution in [0.3, 0.4) is 0 Å². The molecule has 0 aromatic heterocycles. The summed E-state index contributed by atoms with van der Waals surface area (Å²) < 4.78 is 5.56. The highest BCUT2D eigenvalue weighted by atomic mass is 16.5. The number of benzene rings is 1. The largest absolute Gasteiger partial charge is 0.489 e. The van der Waals surface area contributed by atoms with Crippen LogP contribution in [0.4, 0.5) is 0 Å². The first-order valence-corrected chi connectivity index (χ1v) is 4.51. The van der Waals surface area contributed by atoms with E-state index in [9.17, 15) is 0 Å². The van der Waals surface area contributed by atoms with Gasteiger partial charge in [-0.3, -0.25) is 0 Å². The van der Waals surface area contributed by atoms with Crippen molar-refractivity contribution in [2.75, 3.05) is 13.2 Å². The maximum absolute atomic E-state index is 5.56. The summed E-state index contributed by atoms with van der Waals surface area (Å²) in [6.45, 7) is 1.38. The van der Waals surface area contributed by atoms with E-state index in [4.69, 9.17) is 10.5 Å². The van der Waals surface area contributed by atoms with Crippen molar-refractivity contribution in [1.29, 1.82) is 0 Å². The zero-order valence-electron chi connectivity index (χ0n) is 7.49. The number of fused-ring (bicyclic) bond motifs is 1. The average Bonchev–Trinajstić information content (AvgIpc) is 2.18. The lowest BCUT2D eigenvalue weighted by atomic mass is 10.1.